The molecule has 0 radical (unpaired) electrons. The van der Waals surface area contributed by atoms with Crippen molar-refractivity contribution in [1.82, 2.24) is 0 Å². The van der Waals surface area contributed by atoms with E-state index >= 15 is 0 Å². The third-order valence-corrected chi connectivity index (χ3v) is 4.51. The molecule has 1 aromatic heterocycles. The number of rotatable bonds is 4. The van der Waals surface area contributed by atoms with E-state index in [4.69, 9.17) is 4.74 Å². The molecule has 0 spiro atoms. The van der Waals surface area contributed by atoms with Crippen molar-refractivity contribution < 1.29 is 4.74 Å². The molecule has 2 rings (SSSR count). The van der Waals surface area contributed by atoms with Crippen molar-refractivity contribution >= 4 is 27.3 Å². The summed E-state index contributed by atoms with van der Waals surface area (Å²) in [6.07, 6.45) is 0. The van der Waals surface area contributed by atoms with Crippen molar-refractivity contribution in [3.63, 3.8) is 0 Å². The van der Waals surface area contributed by atoms with Gasteiger partial charge in [-0.25, -0.2) is 0 Å². The molecule has 1 heterocycles. The van der Waals surface area contributed by atoms with Crippen LogP contribution in [0.15, 0.2) is 40.2 Å². The first-order valence-electron chi connectivity index (χ1n) is 5.61. The zero-order valence-corrected chi connectivity index (χ0v) is 12.3. The molecule has 2 aromatic rings. The lowest BCUT2D eigenvalue weighted by molar-refractivity contribution is 0.309. The molecule has 0 saturated heterocycles. The highest BCUT2D eigenvalue weighted by molar-refractivity contribution is 9.10. The normalized spacial score (nSPS) is 10.8. The Labute approximate surface area is 115 Å². The Morgan fingerprint density at radius 1 is 1.18 bits per heavy atom. The smallest absolute Gasteiger partial charge is 0.124 e. The van der Waals surface area contributed by atoms with Crippen LogP contribution in [0.1, 0.15) is 30.2 Å². The van der Waals surface area contributed by atoms with Gasteiger partial charge in [0.05, 0.1) is 4.88 Å². The second-order valence-corrected chi connectivity index (χ2v) is 6.06. The van der Waals surface area contributed by atoms with Gasteiger partial charge in [-0.2, -0.15) is 0 Å². The summed E-state index contributed by atoms with van der Waals surface area (Å²) in [7, 11) is 0. The summed E-state index contributed by atoms with van der Waals surface area (Å²) in [5.74, 6) is 1.49. The van der Waals surface area contributed by atoms with Crippen LogP contribution in [0, 0.1) is 0 Å². The van der Waals surface area contributed by atoms with Crippen LogP contribution in [0.4, 0.5) is 0 Å². The molecule has 90 valence electrons. The molecule has 1 aromatic carbocycles. The third kappa shape index (κ3) is 3.33. The molecule has 0 N–H and O–H groups in total. The average molecular weight is 311 g/mol. The van der Waals surface area contributed by atoms with Crippen molar-refractivity contribution in [2.45, 2.75) is 26.4 Å². The van der Waals surface area contributed by atoms with Gasteiger partial charge in [0.2, 0.25) is 0 Å². The molecule has 0 amide bonds. The third-order valence-electron chi connectivity index (χ3n) is 2.61. The van der Waals surface area contributed by atoms with E-state index in [0.29, 0.717) is 12.5 Å². The monoisotopic (exact) mass is 310 g/mol. The number of hydrogen-bond donors (Lipinski definition) is 0. The Bertz CT molecular complexity index is 473. The second-order valence-electron chi connectivity index (χ2n) is 4.20. The summed E-state index contributed by atoms with van der Waals surface area (Å²) in [6, 6.07) is 10.4. The van der Waals surface area contributed by atoms with Gasteiger partial charge in [0.15, 0.2) is 0 Å². The van der Waals surface area contributed by atoms with E-state index in [2.05, 4.69) is 47.3 Å². The lowest BCUT2D eigenvalue weighted by Crippen LogP contribution is -1.94. The predicted octanol–water partition coefficient (Wildman–Crippen LogP) is 5.21. The highest BCUT2D eigenvalue weighted by Gasteiger charge is 2.03. The number of halogens is 1. The Kier molecular flexibility index (Phi) is 4.24. The lowest BCUT2D eigenvalue weighted by atomic mass is 10.0. The van der Waals surface area contributed by atoms with Crippen LogP contribution < -0.4 is 4.74 Å². The number of thiophene rings is 1. The van der Waals surface area contributed by atoms with Gasteiger partial charge in [-0.1, -0.05) is 26.0 Å². The molecular formula is C14H15BrOS. The van der Waals surface area contributed by atoms with Crippen LogP contribution in [0.2, 0.25) is 0 Å². The SMILES string of the molecule is CC(C)c1ccc(OCc2sccc2Br)cc1. The molecule has 1 nitrogen and oxygen atoms in total. The van der Waals surface area contributed by atoms with Gasteiger partial charge in [-0.15, -0.1) is 11.3 Å². The number of benzene rings is 1. The Morgan fingerprint density at radius 2 is 1.88 bits per heavy atom. The quantitative estimate of drug-likeness (QED) is 0.753. The van der Waals surface area contributed by atoms with Crippen LogP contribution in [-0.2, 0) is 6.61 Å². The first-order valence-corrected chi connectivity index (χ1v) is 7.28. The lowest BCUT2D eigenvalue weighted by Gasteiger charge is -2.08. The van der Waals surface area contributed by atoms with E-state index in [1.54, 1.807) is 11.3 Å². The molecule has 0 aliphatic rings. The summed E-state index contributed by atoms with van der Waals surface area (Å²) in [5, 5.41) is 2.06. The van der Waals surface area contributed by atoms with E-state index in [-0.39, 0.29) is 0 Å². The molecule has 0 aliphatic carbocycles. The molecule has 0 bridgehead atoms. The first-order chi connectivity index (χ1) is 8.16. The first kappa shape index (κ1) is 12.7. The van der Waals surface area contributed by atoms with Crippen molar-refractivity contribution in [2.24, 2.45) is 0 Å². The fourth-order valence-electron chi connectivity index (χ4n) is 1.53. The molecule has 0 atom stereocenters. The minimum absolute atomic E-state index is 0.565. The molecular weight excluding hydrogens is 296 g/mol. The van der Waals surface area contributed by atoms with Crippen LogP contribution in [0.3, 0.4) is 0 Å². The van der Waals surface area contributed by atoms with E-state index in [0.717, 1.165) is 10.2 Å². The topological polar surface area (TPSA) is 9.23 Å². The molecule has 17 heavy (non-hydrogen) atoms. The Hall–Kier alpha value is -0.800. The van der Waals surface area contributed by atoms with Gasteiger partial charge in [0.1, 0.15) is 12.4 Å². The second kappa shape index (κ2) is 5.69. The van der Waals surface area contributed by atoms with Crippen molar-refractivity contribution in [3.8, 4) is 5.75 Å². The fraction of sp³-hybridized carbons (Fsp3) is 0.286. The van der Waals surface area contributed by atoms with Crippen molar-refractivity contribution in [3.05, 3.63) is 50.6 Å². The van der Waals surface area contributed by atoms with Gasteiger partial charge in [0.25, 0.3) is 0 Å². The van der Waals surface area contributed by atoms with Gasteiger partial charge in [0, 0.05) is 4.47 Å². The van der Waals surface area contributed by atoms with E-state index < -0.39 is 0 Å². The maximum atomic E-state index is 5.75. The van der Waals surface area contributed by atoms with Crippen molar-refractivity contribution in [1.29, 1.82) is 0 Å². The average Bonchev–Trinajstić information content (AvgIpc) is 2.73. The minimum atomic E-state index is 0.565. The summed E-state index contributed by atoms with van der Waals surface area (Å²) < 4.78 is 6.87. The molecule has 0 saturated carbocycles. The van der Waals surface area contributed by atoms with Gasteiger partial charge < -0.3 is 4.74 Å². The summed E-state index contributed by atoms with van der Waals surface area (Å²) >= 11 is 5.21. The molecule has 0 aliphatic heterocycles. The number of ether oxygens (including phenoxy) is 1. The maximum absolute atomic E-state index is 5.75. The number of hydrogen-bond acceptors (Lipinski definition) is 2. The zero-order chi connectivity index (χ0) is 12.3. The minimum Gasteiger partial charge on any atom is -0.488 e. The van der Waals surface area contributed by atoms with Crippen LogP contribution in [0.25, 0.3) is 0 Å². The highest BCUT2D eigenvalue weighted by Crippen LogP contribution is 2.25. The van der Waals surface area contributed by atoms with E-state index in [1.807, 2.05) is 18.2 Å². The molecule has 0 fully saturated rings. The van der Waals surface area contributed by atoms with Crippen LogP contribution in [-0.4, -0.2) is 0 Å². The highest BCUT2D eigenvalue weighted by atomic mass is 79.9. The molecule has 3 heteroatoms. The Morgan fingerprint density at radius 3 is 2.41 bits per heavy atom. The Balaban J connectivity index is 1.98. The van der Waals surface area contributed by atoms with Gasteiger partial charge >= 0.3 is 0 Å². The summed E-state index contributed by atoms with van der Waals surface area (Å²) in [5.41, 5.74) is 1.34. The van der Waals surface area contributed by atoms with Gasteiger partial charge in [-0.3, -0.25) is 0 Å². The zero-order valence-electron chi connectivity index (χ0n) is 9.94. The van der Waals surface area contributed by atoms with Crippen molar-refractivity contribution in [2.75, 3.05) is 0 Å². The van der Waals surface area contributed by atoms with Gasteiger partial charge in [-0.05, 0) is 51.0 Å². The predicted molar refractivity (Wildman–Crippen MR) is 76.9 cm³/mol. The largest absolute Gasteiger partial charge is 0.488 e. The van der Waals surface area contributed by atoms with Crippen LogP contribution in [0.5, 0.6) is 5.75 Å². The summed E-state index contributed by atoms with van der Waals surface area (Å²) in [4.78, 5) is 1.22. The molecule has 0 unspecified atom stereocenters. The van der Waals surface area contributed by atoms with E-state index in [1.165, 1.54) is 10.4 Å². The standard InChI is InChI=1S/C14H15BrOS/c1-10(2)11-3-5-12(6-4-11)16-9-14-13(15)7-8-17-14/h3-8,10H,9H2,1-2H3. The summed E-state index contributed by atoms with van der Waals surface area (Å²) in [6.45, 7) is 5.01. The fourth-order valence-corrected chi connectivity index (χ4v) is 2.90. The maximum Gasteiger partial charge on any atom is 0.124 e. The van der Waals surface area contributed by atoms with E-state index in [9.17, 15) is 0 Å². The van der Waals surface area contributed by atoms with Crippen LogP contribution >= 0.6 is 27.3 Å².